The first-order valence-electron chi connectivity index (χ1n) is 9.42. The van der Waals surface area contributed by atoms with E-state index < -0.39 is 0 Å². The molecule has 1 aromatic carbocycles. The van der Waals surface area contributed by atoms with E-state index in [0.29, 0.717) is 38.5 Å². The third-order valence-corrected chi connectivity index (χ3v) is 4.10. The normalized spacial score (nSPS) is 11.3. The van der Waals surface area contributed by atoms with Crippen molar-refractivity contribution in [3.63, 3.8) is 0 Å². The van der Waals surface area contributed by atoms with Gasteiger partial charge in [-0.3, -0.25) is 9.59 Å². The van der Waals surface area contributed by atoms with E-state index in [-0.39, 0.29) is 23.7 Å². The minimum Gasteiger partial charge on any atom is -0.466 e. The summed E-state index contributed by atoms with van der Waals surface area (Å²) >= 11 is 0. The average molecular weight is 363 g/mol. The molecule has 5 heteroatoms. The maximum atomic E-state index is 12.9. The molecule has 0 aliphatic heterocycles. The van der Waals surface area contributed by atoms with E-state index in [1.165, 1.54) is 5.56 Å². The fourth-order valence-corrected chi connectivity index (χ4v) is 2.57. The summed E-state index contributed by atoms with van der Waals surface area (Å²) in [6.07, 6.45) is 0.941. The van der Waals surface area contributed by atoms with Crippen molar-refractivity contribution in [1.29, 1.82) is 0 Å². The summed E-state index contributed by atoms with van der Waals surface area (Å²) in [5, 5.41) is 0. The van der Waals surface area contributed by atoms with Crippen LogP contribution in [0.25, 0.3) is 0 Å². The highest BCUT2D eigenvalue weighted by atomic mass is 16.5. The van der Waals surface area contributed by atoms with Crippen LogP contribution in [-0.2, 0) is 19.7 Å². The van der Waals surface area contributed by atoms with Crippen LogP contribution in [0.2, 0.25) is 0 Å². The molecule has 0 unspecified atom stereocenters. The molecule has 1 amide bonds. The lowest BCUT2D eigenvalue weighted by Gasteiger charge is -2.23. The lowest BCUT2D eigenvalue weighted by Crippen LogP contribution is -2.34. The average Bonchev–Trinajstić information content (AvgIpc) is 2.60. The van der Waals surface area contributed by atoms with Gasteiger partial charge < -0.3 is 14.4 Å². The molecule has 0 spiro atoms. The number of carbonyl (C=O) groups is 2. The number of esters is 1. The summed E-state index contributed by atoms with van der Waals surface area (Å²) in [5.74, 6) is -0.343. The number of hydrogen-bond acceptors (Lipinski definition) is 4. The summed E-state index contributed by atoms with van der Waals surface area (Å²) in [7, 11) is 0. The van der Waals surface area contributed by atoms with E-state index in [4.69, 9.17) is 9.47 Å². The molecule has 0 aliphatic rings. The van der Waals surface area contributed by atoms with Crippen LogP contribution in [0.15, 0.2) is 24.3 Å². The van der Waals surface area contributed by atoms with Crippen molar-refractivity contribution >= 4 is 11.9 Å². The monoisotopic (exact) mass is 363 g/mol. The molecule has 0 saturated carbocycles. The van der Waals surface area contributed by atoms with Crippen LogP contribution in [0.5, 0.6) is 0 Å². The SMILES string of the molecule is CCOCCCN(CCC(=O)OCC)C(=O)c1ccc(C(C)(C)C)cc1. The van der Waals surface area contributed by atoms with Gasteiger partial charge in [0.1, 0.15) is 0 Å². The molecule has 0 fully saturated rings. The summed E-state index contributed by atoms with van der Waals surface area (Å²) in [6.45, 7) is 12.7. The molecule has 0 heterocycles. The molecule has 1 rings (SSSR count). The lowest BCUT2D eigenvalue weighted by molar-refractivity contribution is -0.143. The third kappa shape index (κ3) is 7.56. The Labute approximate surface area is 157 Å². The van der Waals surface area contributed by atoms with Crippen LogP contribution in [0.3, 0.4) is 0 Å². The third-order valence-electron chi connectivity index (χ3n) is 4.10. The smallest absolute Gasteiger partial charge is 0.307 e. The first-order valence-corrected chi connectivity index (χ1v) is 9.42. The van der Waals surface area contributed by atoms with Gasteiger partial charge in [-0.15, -0.1) is 0 Å². The number of amides is 1. The molecule has 5 nitrogen and oxygen atoms in total. The molecule has 1 aromatic rings. The Morgan fingerprint density at radius 2 is 1.65 bits per heavy atom. The minimum atomic E-state index is -0.279. The van der Waals surface area contributed by atoms with Gasteiger partial charge in [0.2, 0.25) is 0 Å². The summed E-state index contributed by atoms with van der Waals surface area (Å²) in [5.41, 5.74) is 1.87. The topological polar surface area (TPSA) is 55.8 Å². The quantitative estimate of drug-likeness (QED) is 0.469. The van der Waals surface area contributed by atoms with Crippen LogP contribution in [0.4, 0.5) is 0 Å². The molecule has 0 aromatic heterocycles. The second-order valence-corrected chi connectivity index (χ2v) is 7.23. The zero-order chi connectivity index (χ0) is 19.6. The number of carbonyl (C=O) groups excluding carboxylic acids is 2. The Kier molecular flexibility index (Phi) is 9.35. The Hall–Kier alpha value is -1.88. The summed E-state index contributed by atoms with van der Waals surface area (Å²) in [4.78, 5) is 26.2. The van der Waals surface area contributed by atoms with Crippen LogP contribution in [-0.4, -0.2) is 49.7 Å². The van der Waals surface area contributed by atoms with Gasteiger partial charge in [0.15, 0.2) is 0 Å². The van der Waals surface area contributed by atoms with Gasteiger partial charge in [0.25, 0.3) is 5.91 Å². The van der Waals surface area contributed by atoms with Gasteiger partial charge in [0.05, 0.1) is 13.0 Å². The first-order chi connectivity index (χ1) is 12.3. The van der Waals surface area contributed by atoms with Crippen molar-refractivity contribution in [1.82, 2.24) is 4.90 Å². The van der Waals surface area contributed by atoms with Gasteiger partial charge in [-0.1, -0.05) is 32.9 Å². The van der Waals surface area contributed by atoms with Crippen LogP contribution < -0.4 is 0 Å². The summed E-state index contributed by atoms with van der Waals surface area (Å²) in [6, 6.07) is 7.72. The fourth-order valence-electron chi connectivity index (χ4n) is 2.57. The van der Waals surface area contributed by atoms with Gasteiger partial charge in [-0.2, -0.15) is 0 Å². The van der Waals surface area contributed by atoms with E-state index in [2.05, 4.69) is 20.8 Å². The van der Waals surface area contributed by atoms with Crippen LogP contribution in [0.1, 0.15) is 63.4 Å². The molecule has 0 atom stereocenters. The van der Waals surface area contributed by atoms with Gasteiger partial charge >= 0.3 is 5.97 Å². The summed E-state index contributed by atoms with van der Waals surface area (Å²) < 4.78 is 10.3. The number of rotatable bonds is 10. The van der Waals surface area contributed by atoms with Crippen molar-refractivity contribution in [2.75, 3.05) is 32.9 Å². The molecular formula is C21H33NO4. The number of benzene rings is 1. The zero-order valence-electron chi connectivity index (χ0n) is 16.8. The molecular weight excluding hydrogens is 330 g/mol. The van der Waals surface area contributed by atoms with Gasteiger partial charge in [-0.05, 0) is 43.4 Å². The van der Waals surface area contributed by atoms with Crippen molar-refractivity contribution in [2.45, 2.75) is 52.9 Å². The lowest BCUT2D eigenvalue weighted by atomic mass is 9.86. The molecule has 0 aliphatic carbocycles. The molecule has 0 N–H and O–H groups in total. The van der Waals surface area contributed by atoms with Crippen molar-refractivity contribution in [3.8, 4) is 0 Å². The fraction of sp³-hybridized carbons (Fsp3) is 0.619. The standard InChI is InChI=1S/C21H33NO4/c1-6-25-16-8-14-22(15-13-19(23)26-7-2)20(24)17-9-11-18(12-10-17)21(3,4)5/h9-12H,6-8,13-16H2,1-5H3. The Bertz CT molecular complexity index is 560. The number of nitrogens with zero attached hydrogens (tertiary/aromatic N) is 1. The highest BCUT2D eigenvalue weighted by Crippen LogP contribution is 2.22. The maximum absolute atomic E-state index is 12.9. The minimum absolute atomic E-state index is 0.0443. The number of ether oxygens (including phenoxy) is 2. The maximum Gasteiger partial charge on any atom is 0.307 e. The molecule has 0 saturated heterocycles. The zero-order valence-corrected chi connectivity index (χ0v) is 16.8. The van der Waals surface area contributed by atoms with E-state index in [1.54, 1.807) is 11.8 Å². The highest BCUT2D eigenvalue weighted by Gasteiger charge is 2.19. The Balaban J connectivity index is 2.79. The molecule has 26 heavy (non-hydrogen) atoms. The van der Waals surface area contributed by atoms with E-state index >= 15 is 0 Å². The predicted octanol–water partition coefficient (Wildman–Crippen LogP) is 3.81. The van der Waals surface area contributed by atoms with Gasteiger partial charge in [-0.25, -0.2) is 0 Å². The van der Waals surface area contributed by atoms with Gasteiger partial charge in [0, 0.05) is 31.9 Å². The highest BCUT2D eigenvalue weighted by molar-refractivity contribution is 5.94. The molecule has 0 radical (unpaired) electrons. The van der Waals surface area contributed by atoms with Crippen LogP contribution in [0, 0.1) is 0 Å². The second kappa shape index (κ2) is 11.0. The van der Waals surface area contributed by atoms with E-state index in [9.17, 15) is 9.59 Å². The molecule has 0 bridgehead atoms. The van der Waals surface area contributed by atoms with Crippen molar-refractivity contribution in [3.05, 3.63) is 35.4 Å². The second-order valence-electron chi connectivity index (χ2n) is 7.23. The predicted molar refractivity (Wildman–Crippen MR) is 103 cm³/mol. The number of hydrogen-bond donors (Lipinski definition) is 0. The largest absolute Gasteiger partial charge is 0.466 e. The Morgan fingerprint density at radius 1 is 1.00 bits per heavy atom. The Morgan fingerprint density at radius 3 is 2.19 bits per heavy atom. The van der Waals surface area contributed by atoms with E-state index in [0.717, 1.165) is 6.42 Å². The van der Waals surface area contributed by atoms with Crippen molar-refractivity contribution in [2.24, 2.45) is 0 Å². The molecule has 146 valence electrons. The van der Waals surface area contributed by atoms with E-state index in [1.807, 2.05) is 31.2 Å². The van der Waals surface area contributed by atoms with Crippen molar-refractivity contribution < 1.29 is 19.1 Å². The first kappa shape index (κ1) is 22.2. The van der Waals surface area contributed by atoms with Crippen LogP contribution >= 0.6 is 0 Å².